The maximum absolute atomic E-state index is 12.6. The Bertz CT molecular complexity index is 1170. The summed E-state index contributed by atoms with van der Waals surface area (Å²) in [5.41, 5.74) is 1.32. The van der Waals surface area contributed by atoms with Crippen molar-refractivity contribution in [1.82, 2.24) is 10.2 Å². The van der Waals surface area contributed by atoms with E-state index >= 15 is 0 Å². The normalized spacial score (nSPS) is 14.7. The molecule has 2 aromatic carbocycles. The van der Waals surface area contributed by atoms with Crippen LogP contribution >= 0.6 is 0 Å². The quantitative estimate of drug-likeness (QED) is 0.450. The van der Waals surface area contributed by atoms with Crippen LogP contribution in [0.2, 0.25) is 0 Å². The molecule has 1 N–H and O–H groups in total. The minimum Gasteiger partial charge on any atom is -0.493 e. The van der Waals surface area contributed by atoms with Gasteiger partial charge >= 0.3 is 0 Å². The van der Waals surface area contributed by atoms with Crippen LogP contribution in [-0.2, 0) is 20.9 Å². The molecule has 2 aliphatic heterocycles. The van der Waals surface area contributed by atoms with Gasteiger partial charge in [-0.05, 0) is 41.5 Å². The minimum absolute atomic E-state index is 0.0658. The zero-order valence-electron chi connectivity index (χ0n) is 19.2. The Labute approximate surface area is 202 Å². The van der Waals surface area contributed by atoms with Gasteiger partial charge in [-0.3, -0.25) is 9.59 Å². The molecule has 1 fully saturated rings. The molecule has 2 aromatic rings. The van der Waals surface area contributed by atoms with Crippen molar-refractivity contribution >= 4 is 17.9 Å². The number of hydrogen-bond donors (Lipinski definition) is 1. The van der Waals surface area contributed by atoms with Gasteiger partial charge in [-0.15, -0.1) is 0 Å². The number of benzene rings is 2. The molecule has 2 amide bonds. The monoisotopic (exact) mass is 479 g/mol. The van der Waals surface area contributed by atoms with Gasteiger partial charge in [-0.25, -0.2) is 0 Å². The van der Waals surface area contributed by atoms with E-state index in [-0.39, 0.29) is 31.4 Å². The van der Waals surface area contributed by atoms with Gasteiger partial charge in [0, 0.05) is 19.6 Å². The van der Waals surface area contributed by atoms with E-state index in [2.05, 4.69) is 5.32 Å². The van der Waals surface area contributed by atoms with Crippen LogP contribution in [0.1, 0.15) is 11.1 Å². The maximum atomic E-state index is 12.6. The first-order valence-electron chi connectivity index (χ1n) is 11.0. The van der Waals surface area contributed by atoms with Crippen molar-refractivity contribution in [2.75, 3.05) is 46.8 Å². The van der Waals surface area contributed by atoms with E-state index in [1.165, 1.54) is 13.2 Å². The van der Waals surface area contributed by atoms with E-state index in [0.717, 1.165) is 5.56 Å². The lowest BCUT2D eigenvalue weighted by molar-refractivity contribution is -0.137. The van der Waals surface area contributed by atoms with Gasteiger partial charge in [-0.2, -0.15) is 5.26 Å². The number of fused-ring (bicyclic) bond motifs is 1. The average Bonchev–Trinajstić information content (AvgIpc) is 3.37. The highest BCUT2D eigenvalue weighted by Crippen LogP contribution is 2.32. The summed E-state index contributed by atoms with van der Waals surface area (Å²) < 4.78 is 26.9. The fraction of sp³-hybridized carbons (Fsp3) is 0.320. The maximum Gasteiger partial charge on any atom is 0.262 e. The van der Waals surface area contributed by atoms with Crippen LogP contribution in [0.5, 0.6) is 23.0 Å². The summed E-state index contributed by atoms with van der Waals surface area (Å²) in [5.74, 6) is 1.40. The number of hydrogen-bond acceptors (Lipinski definition) is 8. The Kier molecular flexibility index (Phi) is 7.70. The third-order valence-electron chi connectivity index (χ3n) is 5.47. The molecule has 2 heterocycles. The summed E-state index contributed by atoms with van der Waals surface area (Å²) in [6.07, 6.45) is 1.46. The van der Waals surface area contributed by atoms with E-state index in [0.29, 0.717) is 54.9 Å². The van der Waals surface area contributed by atoms with E-state index in [1.54, 1.807) is 35.2 Å². The SMILES string of the molecule is COc1cc(/C=C(\C#N)C(=O)NCc2ccc3c(c2)OCO3)ccc1OCC(=O)N1CCOCC1. The number of rotatable bonds is 8. The Morgan fingerprint density at radius 2 is 1.91 bits per heavy atom. The number of carbonyl (C=O) groups excluding carboxylic acids is 2. The number of carbonyl (C=O) groups is 2. The fourth-order valence-corrected chi connectivity index (χ4v) is 3.58. The molecule has 35 heavy (non-hydrogen) atoms. The van der Waals surface area contributed by atoms with Crippen LogP contribution in [0.4, 0.5) is 0 Å². The second-order valence-electron chi connectivity index (χ2n) is 7.73. The van der Waals surface area contributed by atoms with E-state index in [1.807, 2.05) is 12.1 Å². The Morgan fingerprint density at radius 1 is 1.11 bits per heavy atom. The van der Waals surface area contributed by atoms with Crippen molar-refractivity contribution in [1.29, 1.82) is 5.26 Å². The molecule has 0 bridgehead atoms. The lowest BCUT2D eigenvalue weighted by Crippen LogP contribution is -2.43. The third-order valence-corrected chi connectivity index (χ3v) is 5.47. The first-order chi connectivity index (χ1) is 17.1. The van der Waals surface area contributed by atoms with Gasteiger partial charge < -0.3 is 33.9 Å². The zero-order valence-corrected chi connectivity index (χ0v) is 19.2. The van der Waals surface area contributed by atoms with Gasteiger partial charge in [0.1, 0.15) is 11.6 Å². The van der Waals surface area contributed by atoms with Crippen molar-refractivity contribution in [3.05, 3.63) is 53.1 Å². The van der Waals surface area contributed by atoms with Crippen LogP contribution < -0.4 is 24.3 Å². The van der Waals surface area contributed by atoms with Gasteiger partial charge in [-0.1, -0.05) is 12.1 Å². The highest BCUT2D eigenvalue weighted by atomic mass is 16.7. The summed E-state index contributed by atoms with van der Waals surface area (Å²) in [7, 11) is 1.47. The second kappa shape index (κ2) is 11.3. The summed E-state index contributed by atoms with van der Waals surface area (Å²) in [5, 5.41) is 12.2. The van der Waals surface area contributed by atoms with Crippen molar-refractivity contribution in [2.24, 2.45) is 0 Å². The van der Waals surface area contributed by atoms with E-state index in [4.69, 9.17) is 23.7 Å². The number of ether oxygens (including phenoxy) is 5. The van der Waals surface area contributed by atoms with Crippen LogP contribution in [0.3, 0.4) is 0 Å². The molecule has 2 aliphatic rings. The summed E-state index contributed by atoms with van der Waals surface area (Å²) in [6, 6.07) is 12.3. The molecule has 10 heteroatoms. The highest BCUT2D eigenvalue weighted by Gasteiger charge is 2.18. The average molecular weight is 479 g/mol. The molecule has 10 nitrogen and oxygen atoms in total. The van der Waals surface area contributed by atoms with Gasteiger partial charge in [0.25, 0.3) is 11.8 Å². The zero-order chi connectivity index (χ0) is 24.6. The Balaban J connectivity index is 1.37. The summed E-state index contributed by atoms with van der Waals surface area (Å²) in [4.78, 5) is 26.6. The lowest BCUT2D eigenvalue weighted by atomic mass is 10.1. The highest BCUT2D eigenvalue weighted by molar-refractivity contribution is 6.01. The van der Waals surface area contributed by atoms with Crippen LogP contribution in [0.25, 0.3) is 6.08 Å². The first-order valence-corrected chi connectivity index (χ1v) is 11.0. The van der Waals surface area contributed by atoms with Crippen LogP contribution in [0, 0.1) is 11.3 Å². The number of morpholine rings is 1. The largest absolute Gasteiger partial charge is 0.493 e. The molecule has 1 saturated heterocycles. The molecule has 0 aliphatic carbocycles. The van der Waals surface area contributed by atoms with Crippen LogP contribution in [-0.4, -0.2) is 63.5 Å². The van der Waals surface area contributed by atoms with E-state index in [9.17, 15) is 14.9 Å². The molecule has 182 valence electrons. The number of nitriles is 1. The molecule has 0 atom stereocenters. The molecule has 0 spiro atoms. The number of nitrogens with one attached hydrogen (secondary N) is 1. The standard InChI is InChI=1S/C25H25N3O7/c1-31-22-11-17(2-4-20(22)33-15-24(29)28-6-8-32-9-7-28)10-19(13-26)25(30)27-14-18-3-5-21-23(12-18)35-16-34-21/h2-5,10-12H,6-9,14-16H2,1H3,(H,27,30)/b19-10+. The third kappa shape index (κ3) is 6.02. The van der Waals surface area contributed by atoms with Crippen LogP contribution in [0.15, 0.2) is 42.0 Å². The molecular weight excluding hydrogens is 454 g/mol. The molecule has 0 radical (unpaired) electrons. The smallest absolute Gasteiger partial charge is 0.262 e. The number of amides is 2. The molecule has 0 saturated carbocycles. The van der Waals surface area contributed by atoms with Crippen molar-refractivity contribution < 1.29 is 33.3 Å². The predicted octanol–water partition coefficient (Wildman–Crippen LogP) is 1.88. The van der Waals surface area contributed by atoms with E-state index < -0.39 is 5.91 Å². The Hall–Kier alpha value is -4.23. The summed E-state index contributed by atoms with van der Waals surface area (Å²) in [6.45, 7) is 2.37. The summed E-state index contributed by atoms with van der Waals surface area (Å²) >= 11 is 0. The topological polar surface area (TPSA) is 119 Å². The first kappa shape index (κ1) is 23.9. The molecule has 0 aromatic heterocycles. The molecule has 4 rings (SSSR count). The minimum atomic E-state index is -0.513. The Morgan fingerprint density at radius 3 is 2.69 bits per heavy atom. The second-order valence-corrected chi connectivity index (χ2v) is 7.73. The fourth-order valence-electron chi connectivity index (χ4n) is 3.58. The molecule has 0 unspecified atom stereocenters. The van der Waals surface area contributed by atoms with Crippen molar-refractivity contribution in [3.8, 4) is 29.1 Å². The van der Waals surface area contributed by atoms with Gasteiger partial charge in [0.05, 0.1) is 20.3 Å². The molecular formula is C25H25N3O7. The van der Waals surface area contributed by atoms with Gasteiger partial charge in [0.15, 0.2) is 29.6 Å². The van der Waals surface area contributed by atoms with Gasteiger partial charge in [0.2, 0.25) is 6.79 Å². The van der Waals surface area contributed by atoms with Crippen molar-refractivity contribution in [3.63, 3.8) is 0 Å². The lowest BCUT2D eigenvalue weighted by Gasteiger charge is -2.26. The predicted molar refractivity (Wildman–Crippen MR) is 124 cm³/mol. The number of methoxy groups -OCH3 is 1. The van der Waals surface area contributed by atoms with Crippen molar-refractivity contribution in [2.45, 2.75) is 6.54 Å². The number of nitrogens with zero attached hydrogens (tertiary/aromatic N) is 2.